The number of hydrogen-bond donors (Lipinski definition) is 1. The van der Waals surface area contributed by atoms with E-state index >= 15 is 0 Å². The van der Waals surface area contributed by atoms with Crippen LogP contribution in [0.25, 0.3) is 0 Å². The van der Waals surface area contributed by atoms with Gasteiger partial charge in [-0.15, -0.1) is 0 Å². The van der Waals surface area contributed by atoms with E-state index in [1.165, 1.54) is 5.56 Å². The van der Waals surface area contributed by atoms with E-state index in [9.17, 15) is 4.79 Å². The summed E-state index contributed by atoms with van der Waals surface area (Å²) in [4.78, 5) is 11.2. The number of ether oxygens (including phenoxy) is 2. The molecule has 17 heavy (non-hydrogen) atoms. The van der Waals surface area contributed by atoms with E-state index in [0.29, 0.717) is 6.42 Å². The largest absolute Gasteiger partial charge is 0.434 e. The number of carbonyl (C=O) groups is 1. The molecule has 4 nitrogen and oxygen atoms in total. The number of benzene rings is 1. The van der Waals surface area contributed by atoms with Crippen molar-refractivity contribution < 1.29 is 14.3 Å². The summed E-state index contributed by atoms with van der Waals surface area (Å²) >= 11 is 0. The lowest BCUT2D eigenvalue weighted by Crippen LogP contribution is -2.38. The summed E-state index contributed by atoms with van der Waals surface area (Å²) in [5, 5.41) is 3.36. The van der Waals surface area contributed by atoms with Crippen molar-refractivity contribution in [1.82, 2.24) is 5.32 Å². The molecule has 4 heteroatoms. The van der Waals surface area contributed by atoms with Crippen molar-refractivity contribution in [3.05, 3.63) is 35.9 Å². The molecule has 1 fully saturated rings. The van der Waals surface area contributed by atoms with E-state index in [2.05, 4.69) is 24.4 Å². The minimum Gasteiger partial charge on any atom is -0.434 e. The SMILES string of the molecule is COC1OC(=O)CC1NC(C)c1ccccc1. The minimum atomic E-state index is -0.478. The van der Waals surface area contributed by atoms with Crippen LogP contribution in [0.15, 0.2) is 30.3 Å². The van der Waals surface area contributed by atoms with Crippen molar-refractivity contribution >= 4 is 5.97 Å². The second-order valence-corrected chi connectivity index (χ2v) is 4.20. The van der Waals surface area contributed by atoms with Gasteiger partial charge in [0.15, 0.2) is 0 Å². The van der Waals surface area contributed by atoms with Gasteiger partial charge in [0.25, 0.3) is 0 Å². The number of nitrogens with one attached hydrogen (secondary N) is 1. The molecule has 1 N–H and O–H groups in total. The summed E-state index contributed by atoms with van der Waals surface area (Å²) in [6, 6.07) is 10.2. The van der Waals surface area contributed by atoms with Gasteiger partial charge < -0.3 is 14.8 Å². The molecule has 0 saturated carbocycles. The molecule has 1 aromatic carbocycles. The van der Waals surface area contributed by atoms with Crippen LogP contribution < -0.4 is 5.32 Å². The normalized spacial score (nSPS) is 25.6. The van der Waals surface area contributed by atoms with Crippen molar-refractivity contribution in [2.24, 2.45) is 0 Å². The Morgan fingerprint density at radius 1 is 1.41 bits per heavy atom. The Kier molecular flexibility index (Phi) is 3.76. The van der Waals surface area contributed by atoms with Gasteiger partial charge in [0.1, 0.15) is 0 Å². The summed E-state index contributed by atoms with van der Waals surface area (Å²) in [6.45, 7) is 2.06. The summed E-state index contributed by atoms with van der Waals surface area (Å²) < 4.78 is 10.2. The zero-order chi connectivity index (χ0) is 12.3. The summed E-state index contributed by atoms with van der Waals surface area (Å²) in [5.74, 6) is -0.213. The highest BCUT2D eigenvalue weighted by atomic mass is 16.7. The monoisotopic (exact) mass is 235 g/mol. The van der Waals surface area contributed by atoms with E-state index in [-0.39, 0.29) is 18.1 Å². The highest BCUT2D eigenvalue weighted by molar-refractivity contribution is 5.72. The van der Waals surface area contributed by atoms with Crippen LogP contribution >= 0.6 is 0 Å². The van der Waals surface area contributed by atoms with Crippen molar-refractivity contribution in [3.63, 3.8) is 0 Å². The molecule has 0 bridgehead atoms. The van der Waals surface area contributed by atoms with Crippen molar-refractivity contribution in [3.8, 4) is 0 Å². The third kappa shape index (κ3) is 2.84. The molecule has 3 unspecified atom stereocenters. The number of carbonyl (C=O) groups excluding carboxylic acids is 1. The Labute approximate surface area is 101 Å². The first-order valence-corrected chi connectivity index (χ1v) is 5.74. The van der Waals surface area contributed by atoms with Crippen molar-refractivity contribution in [1.29, 1.82) is 0 Å². The van der Waals surface area contributed by atoms with Gasteiger partial charge >= 0.3 is 5.97 Å². The lowest BCUT2D eigenvalue weighted by atomic mass is 10.1. The maximum Gasteiger partial charge on any atom is 0.309 e. The van der Waals surface area contributed by atoms with E-state index in [1.54, 1.807) is 7.11 Å². The number of rotatable bonds is 4. The standard InChI is InChI=1S/C13H17NO3/c1-9(10-6-4-3-5-7-10)14-11-8-12(15)17-13(11)16-2/h3-7,9,11,13-14H,8H2,1-2H3. The number of cyclic esters (lactones) is 1. The molecule has 92 valence electrons. The summed E-state index contributed by atoms with van der Waals surface area (Å²) in [5.41, 5.74) is 1.18. The first-order chi connectivity index (χ1) is 8.20. The predicted molar refractivity (Wildman–Crippen MR) is 63.3 cm³/mol. The Balaban J connectivity index is 1.99. The zero-order valence-electron chi connectivity index (χ0n) is 10.1. The molecule has 0 amide bonds. The first-order valence-electron chi connectivity index (χ1n) is 5.74. The maximum atomic E-state index is 11.2. The van der Waals surface area contributed by atoms with Crippen LogP contribution in [0.4, 0.5) is 0 Å². The molecular weight excluding hydrogens is 218 g/mol. The minimum absolute atomic E-state index is 0.0808. The van der Waals surface area contributed by atoms with Crippen LogP contribution in [0.3, 0.4) is 0 Å². The van der Waals surface area contributed by atoms with Gasteiger partial charge in [0.05, 0.1) is 12.5 Å². The zero-order valence-corrected chi connectivity index (χ0v) is 10.1. The van der Waals surface area contributed by atoms with E-state index in [1.807, 2.05) is 18.2 Å². The topological polar surface area (TPSA) is 47.6 Å². The molecular formula is C13H17NO3. The Morgan fingerprint density at radius 3 is 2.76 bits per heavy atom. The van der Waals surface area contributed by atoms with Gasteiger partial charge in [-0.2, -0.15) is 0 Å². The maximum absolute atomic E-state index is 11.2. The molecule has 0 radical (unpaired) electrons. The quantitative estimate of drug-likeness (QED) is 0.806. The third-order valence-electron chi connectivity index (χ3n) is 2.96. The Bertz CT molecular complexity index is 380. The fourth-order valence-corrected chi connectivity index (χ4v) is 2.04. The molecule has 1 saturated heterocycles. The van der Waals surface area contributed by atoms with Crippen LogP contribution in [0, 0.1) is 0 Å². The second-order valence-electron chi connectivity index (χ2n) is 4.20. The summed E-state index contributed by atoms with van der Waals surface area (Å²) in [7, 11) is 1.55. The Morgan fingerprint density at radius 2 is 2.12 bits per heavy atom. The number of methoxy groups -OCH3 is 1. The van der Waals surface area contributed by atoms with Crippen LogP contribution in [-0.4, -0.2) is 25.4 Å². The lowest BCUT2D eigenvalue weighted by molar-refractivity contribution is -0.159. The predicted octanol–water partition coefficient (Wildman–Crippen LogP) is 1.63. The smallest absolute Gasteiger partial charge is 0.309 e. The summed E-state index contributed by atoms with van der Waals surface area (Å²) in [6.07, 6.45) is -0.121. The van der Waals surface area contributed by atoms with Crippen molar-refractivity contribution in [2.75, 3.05) is 7.11 Å². The van der Waals surface area contributed by atoms with Gasteiger partial charge in [-0.1, -0.05) is 30.3 Å². The first kappa shape index (κ1) is 12.1. The highest BCUT2D eigenvalue weighted by Crippen LogP contribution is 2.20. The number of hydrogen-bond acceptors (Lipinski definition) is 4. The van der Waals surface area contributed by atoms with E-state index < -0.39 is 6.29 Å². The molecule has 1 aliphatic heterocycles. The molecule has 2 rings (SSSR count). The molecule has 0 spiro atoms. The van der Waals surface area contributed by atoms with Crippen LogP contribution in [0.5, 0.6) is 0 Å². The Hall–Kier alpha value is -1.39. The molecule has 0 aromatic heterocycles. The average Bonchev–Trinajstić information content (AvgIpc) is 2.70. The van der Waals surface area contributed by atoms with E-state index in [0.717, 1.165) is 0 Å². The molecule has 0 aliphatic carbocycles. The van der Waals surface area contributed by atoms with Gasteiger partial charge in [0.2, 0.25) is 6.29 Å². The van der Waals surface area contributed by atoms with Gasteiger partial charge in [-0.25, -0.2) is 0 Å². The van der Waals surface area contributed by atoms with Crippen LogP contribution in [0.1, 0.15) is 24.9 Å². The van der Waals surface area contributed by atoms with Gasteiger partial charge in [0, 0.05) is 13.2 Å². The fraction of sp³-hybridized carbons (Fsp3) is 0.462. The highest BCUT2D eigenvalue weighted by Gasteiger charge is 2.35. The van der Waals surface area contributed by atoms with Crippen molar-refractivity contribution in [2.45, 2.75) is 31.7 Å². The average molecular weight is 235 g/mol. The van der Waals surface area contributed by atoms with Crippen LogP contribution in [0.2, 0.25) is 0 Å². The second kappa shape index (κ2) is 5.29. The molecule has 1 heterocycles. The van der Waals surface area contributed by atoms with E-state index in [4.69, 9.17) is 9.47 Å². The third-order valence-corrected chi connectivity index (χ3v) is 2.96. The molecule has 3 atom stereocenters. The van der Waals surface area contributed by atoms with Gasteiger partial charge in [-0.05, 0) is 12.5 Å². The van der Waals surface area contributed by atoms with Gasteiger partial charge in [-0.3, -0.25) is 4.79 Å². The number of esters is 1. The molecule has 1 aliphatic rings. The fourth-order valence-electron chi connectivity index (χ4n) is 2.04. The lowest BCUT2D eigenvalue weighted by Gasteiger charge is -2.22. The molecule has 1 aromatic rings. The van der Waals surface area contributed by atoms with Crippen LogP contribution in [-0.2, 0) is 14.3 Å².